The molecule has 3 aromatic rings. The number of hydrogen-bond donors (Lipinski definition) is 2. The molecule has 3 heterocycles. The molecule has 0 unspecified atom stereocenters. The minimum atomic E-state index is -0.369. The minimum Gasteiger partial charge on any atom is -0.353 e. The number of rotatable bonds is 3. The van der Waals surface area contributed by atoms with Gasteiger partial charge in [0.05, 0.1) is 0 Å². The van der Waals surface area contributed by atoms with E-state index in [4.69, 9.17) is 0 Å². The van der Waals surface area contributed by atoms with E-state index in [9.17, 15) is 4.79 Å². The molecule has 0 spiro atoms. The van der Waals surface area contributed by atoms with Gasteiger partial charge in [0.15, 0.2) is 0 Å². The summed E-state index contributed by atoms with van der Waals surface area (Å²) in [5.74, 6) is 1.69. The molecule has 164 valence electrons. The Morgan fingerprint density at radius 1 is 0.938 bits per heavy atom. The number of piperazine rings is 1. The summed E-state index contributed by atoms with van der Waals surface area (Å²) < 4.78 is 0. The van der Waals surface area contributed by atoms with E-state index in [1.807, 2.05) is 73.3 Å². The highest BCUT2D eigenvalue weighted by molar-refractivity contribution is 6.03. The summed E-state index contributed by atoms with van der Waals surface area (Å²) in [6.07, 6.45) is 1.79. The molecule has 9 heteroatoms. The molecule has 1 aliphatic rings. The number of para-hydroxylation sites is 1. The molecule has 2 N–H and O–H groups in total. The van der Waals surface area contributed by atoms with Crippen LogP contribution in [0.5, 0.6) is 0 Å². The first-order valence-electron chi connectivity index (χ1n) is 10.5. The Bertz CT molecular complexity index is 1060. The highest BCUT2D eigenvalue weighted by Crippen LogP contribution is 2.14. The van der Waals surface area contributed by atoms with Gasteiger partial charge in [0.2, 0.25) is 5.96 Å². The number of benzene rings is 1. The van der Waals surface area contributed by atoms with E-state index in [-0.39, 0.29) is 6.03 Å². The van der Waals surface area contributed by atoms with E-state index in [1.54, 1.807) is 6.20 Å². The highest BCUT2D eigenvalue weighted by atomic mass is 16.2. The summed E-state index contributed by atoms with van der Waals surface area (Å²) in [7, 11) is 0. The predicted molar refractivity (Wildman–Crippen MR) is 125 cm³/mol. The fourth-order valence-corrected chi connectivity index (χ4v) is 3.50. The second-order valence-corrected chi connectivity index (χ2v) is 7.49. The number of guanidine groups is 1. The monoisotopic (exact) mass is 430 g/mol. The first-order chi connectivity index (χ1) is 15.6. The predicted octanol–water partition coefficient (Wildman–Crippen LogP) is 3.12. The number of nitrogens with zero attached hydrogens (tertiary/aromatic N) is 6. The Morgan fingerprint density at radius 2 is 1.62 bits per heavy atom. The summed E-state index contributed by atoms with van der Waals surface area (Å²) in [5.41, 5.74) is 2.35. The number of aromatic nitrogens is 3. The number of urea groups is 1. The fraction of sp³-hybridized carbons (Fsp3) is 0.261. The lowest BCUT2D eigenvalue weighted by Crippen LogP contribution is -2.54. The van der Waals surface area contributed by atoms with Crippen molar-refractivity contribution in [3.8, 4) is 0 Å². The number of nitrogens with one attached hydrogen (secondary N) is 2. The van der Waals surface area contributed by atoms with Crippen LogP contribution in [0.3, 0.4) is 0 Å². The number of carbonyl (C=O) groups excluding carboxylic acids is 1. The Balaban J connectivity index is 1.52. The van der Waals surface area contributed by atoms with Crippen molar-refractivity contribution in [1.29, 1.82) is 0 Å². The normalized spacial score (nSPS) is 14.2. The van der Waals surface area contributed by atoms with Gasteiger partial charge in [-0.1, -0.05) is 24.3 Å². The van der Waals surface area contributed by atoms with Gasteiger partial charge in [-0.2, -0.15) is 4.99 Å². The Kier molecular flexibility index (Phi) is 6.54. The summed E-state index contributed by atoms with van der Waals surface area (Å²) in [6, 6.07) is 16.7. The van der Waals surface area contributed by atoms with Gasteiger partial charge in [-0.25, -0.2) is 19.7 Å². The molecule has 1 fully saturated rings. The minimum absolute atomic E-state index is 0.324. The molecule has 1 aromatic carbocycles. The zero-order valence-electron chi connectivity index (χ0n) is 18.2. The molecule has 1 saturated heterocycles. The molecule has 32 heavy (non-hydrogen) atoms. The third kappa shape index (κ3) is 5.57. The first kappa shape index (κ1) is 21.2. The van der Waals surface area contributed by atoms with Crippen LogP contribution >= 0.6 is 0 Å². The van der Waals surface area contributed by atoms with E-state index in [0.717, 1.165) is 30.3 Å². The van der Waals surface area contributed by atoms with Crippen molar-refractivity contribution in [3.05, 3.63) is 72.2 Å². The topological polar surface area (TPSA) is 98.6 Å². The van der Waals surface area contributed by atoms with Crippen LogP contribution in [0.4, 0.5) is 22.2 Å². The smallest absolute Gasteiger partial charge is 0.326 e. The summed E-state index contributed by atoms with van der Waals surface area (Å²) in [5, 5.41) is 5.72. The standard InChI is InChI=1S/C23H26N8O/c1-17-16-18(2)26-21(25-17)28-22(29-23(32)27-19-8-4-3-5-9-19)31-14-12-30(13-15-31)20-10-6-7-11-24-20/h3-11,16H,12-15H2,1-2H3,(H2,25,26,27,28,29,32). The molecular formula is C23H26N8O. The zero-order chi connectivity index (χ0) is 22.3. The Hall–Kier alpha value is -4.01. The number of anilines is 2. The Morgan fingerprint density at radius 3 is 2.28 bits per heavy atom. The van der Waals surface area contributed by atoms with E-state index in [0.29, 0.717) is 30.7 Å². The van der Waals surface area contributed by atoms with Crippen molar-refractivity contribution < 1.29 is 4.79 Å². The van der Waals surface area contributed by atoms with E-state index in [2.05, 4.69) is 35.5 Å². The van der Waals surface area contributed by atoms with Crippen molar-refractivity contribution in [2.24, 2.45) is 4.99 Å². The number of aliphatic imine (C=N–C) groups is 1. The van der Waals surface area contributed by atoms with Crippen LogP contribution in [0.15, 0.2) is 65.8 Å². The molecule has 2 amide bonds. The number of pyridine rings is 1. The van der Waals surface area contributed by atoms with Gasteiger partial charge >= 0.3 is 6.03 Å². The second-order valence-electron chi connectivity index (χ2n) is 7.49. The molecule has 0 radical (unpaired) electrons. The second kappa shape index (κ2) is 9.86. The van der Waals surface area contributed by atoms with Crippen LogP contribution < -0.4 is 15.5 Å². The largest absolute Gasteiger partial charge is 0.353 e. The number of aryl methyl sites for hydroxylation is 2. The van der Waals surface area contributed by atoms with Crippen LogP contribution in [-0.4, -0.2) is 58.0 Å². The van der Waals surface area contributed by atoms with Gasteiger partial charge in [0.1, 0.15) is 5.82 Å². The van der Waals surface area contributed by atoms with Crippen molar-refractivity contribution in [3.63, 3.8) is 0 Å². The van der Waals surface area contributed by atoms with E-state index >= 15 is 0 Å². The van der Waals surface area contributed by atoms with E-state index in [1.165, 1.54) is 0 Å². The number of hydrogen-bond acceptors (Lipinski definition) is 6. The lowest BCUT2D eigenvalue weighted by atomic mass is 10.3. The molecule has 0 atom stereocenters. The highest BCUT2D eigenvalue weighted by Gasteiger charge is 2.22. The van der Waals surface area contributed by atoms with Crippen molar-refractivity contribution in [2.45, 2.75) is 13.8 Å². The SMILES string of the molecule is Cc1cc(C)nc(/N=C(/NC(=O)Nc2ccccc2)N2CCN(c3ccccn3)CC2)n1. The molecule has 0 aliphatic carbocycles. The van der Waals surface area contributed by atoms with Gasteiger partial charge < -0.3 is 15.1 Å². The van der Waals surface area contributed by atoms with Gasteiger partial charge in [-0.15, -0.1) is 0 Å². The van der Waals surface area contributed by atoms with Gasteiger partial charge in [0.25, 0.3) is 5.95 Å². The molecule has 0 saturated carbocycles. The van der Waals surface area contributed by atoms with Crippen molar-refractivity contribution in [2.75, 3.05) is 36.4 Å². The van der Waals surface area contributed by atoms with Gasteiger partial charge in [-0.3, -0.25) is 5.32 Å². The van der Waals surface area contributed by atoms with Gasteiger partial charge in [-0.05, 0) is 44.2 Å². The fourth-order valence-electron chi connectivity index (χ4n) is 3.50. The molecule has 4 rings (SSSR count). The van der Waals surface area contributed by atoms with Crippen LogP contribution in [0.25, 0.3) is 0 Å². The lowest BCUT2D eigenvalue weighted by molar-refractivity contribution is 0.254. The summed E-state index contributed by atoms with van der Waals surface area (Å²) in [4.78, 5) is 34.8. The Labute approximate surface area is 187 Å². The molecule has 0 bridgehead atoms. The lowest BCUT2D eigenvalue weighted by Gasteiger charge is -2.36. The maximum atomic E-state index is 12.7. The van der Waals surface area contributed by atoms with Crippen LogP contribution in [0, 0.1) is 13.8 Å². The quantitative estimate of drug-likeness (QED) is 0.489. The molecule has 2 aromatic heterocycles. The average Bonchev–Trinajstić information content (AvgIpc) is 2.79. The third-order valence-electron chi connectivity index (χ3n) is 4.99. The maximum absolute atomic E-state index is 12.7. The maximum Gasteiger partial charge on any atom is 0.326 e. The average molecular weight is 431 g/mol. The van der Waals surface area contributed by atoms with Crippen LogP contribution in [-0.2, 0) is 0 Å². The zero-order valence-corrected chi connectivity index (χ0v) is 18.2. The number of carbonyl (C=O) groups is 1. The van der Waals surface area contributed by atoms with Crippen molar-refractivity contribution >= 4 is 29.4 Å². The van der Waals surface area contributed by atoms with Crippen LogP contribution in [0.2, 0.25) is 0 Å². The summed E-state index contributed by atoms with van der Waals surface area (Å²) in [6.45, 7) is 6.65. The van der Waals surface area contributed by atoms with E-state index < -0.39 is 0 Å². The third-order valence-corrected chi connectivity index (χ3v) is 4.99. The molecule has 1 aliphatic heterocycles. The van der Waals surface area contributed by atoms with Gasteiger partial charge in [0, 0.05) is 49.5 Å². The van der Waals surface area contributed by atoms with Crippen LogP contribution in [0.1, 0.15) is 11.4 Å². The van der Waals surface area contributed by atoms with Crippen molar-refractivity contribution in [1.82, 2.24) is 25.2 Å². The first-order valence-corrected chi connectivity index (χ1v) is 10.5. The molecular weight excluding hydrogens is 404 g/mol. The molecule has 9 nitrogen and oxygen atoms in total. The number of amides is 2. The summed E-state index contributed by atoms with van der Waals surface area (Å²) >= 11 is 0.